The van der Waals surface area contributed by atoms with E-state index < -0.39 is 38.3 Å². The molecule has 2 aromatic carbocycles. The Morgan fingerprint density at radius 3 is 2.52 bits per heavy atom. The van der Waals surface area contributed by atoms with Gasteiger partial charge in [-0.2, -0.15) is 4.31 Å². The van der Waals surface area contributed by atoms with Gasteiger partial charge in [-0.05, 0) is 57.2 Å². The Kier molecular flexibility index (Phi) is 8.03. The fourth-order valence-corrected chi connectivity index (χ4v) is 7.79. The molecule has 0 saturated carbocycles. The molecule has 40 heavy (non-hydrogen) atoms. The molecule has 0 bridgehead atoms. The second-order valence-electron chi connectivity index (χ2n) is 10.2. The largest absolute Gasteiger partial charge is 0.459 e. The second-order valence-corrected chi connectivity index (χ2v) is 12.2. The molecule has 9 nitrogen and oxygen atoms in total. The molecule has 12 heteroatoms. The SMILES string of the molecule is CCOC(=O)c1nnc(C2(c3cc(F)c(CN4[C@@H](C)CC[C@H](c5ccccc5)S4(=O)=O)cc3F)CCOCC2)o1. The Balaban J connectivity index is 1.48. The molecular formula is C28H31F2N3O6S. The van der Waals surface area contributed by atoms with E-state index in [2.05, 4.69) is 10.2 Å². The predicted molar refractivity (Wildman–Crippen MR) is 140 cm³/mol. The van der Waals surface area contributed by atoms with Gasteiger partial charge in [0, 0.05) is 36.9 Å². The van der Waals surface area contributed by atoms with Crippen LogP contribution in [-0.4, -0.2) is 54.8 Å². The lowest BCUT2D eigenvalue weighted by Crippen LogP contribution is -2.45. The lowest BCUT2D eigenvalue weighted by molar-refractivity contribution is 0.0443. The summed E-state index contributed by atoms with van der Waals surface area (Å²) < 4.78 is 76.0. The maximum absolute atomic E-state index is 15.9. The van der Waals surface area contributed by atoms with Crippen molar-refractivity contribution in [1.82, 2.24) is 14.5 Å². The number of nitrogens with zero attached hydrogens (tertiary/aromatic N) is 3. The van der Waals surface area contributed by atoms with E-state index in [4.69, 9.17) is 13.9 Å². The molecule has 2 aliphatic rings. The van der Waals surface area contributed by atoms with Crippen molar-refractivity contribution in [3.05, 3.63) is 82.6 Å². The molecule has 3 aromatic rings. The number of rotatable bonds is 7. The average Bonchev–Trinajstić information content (AvgIpc) is 3.45. The second kappa shape index (κ2) is 11.3. The topological polar surface area (TPSA) is 112 Å². The first-order valence-corrected chi connectivity index (χ1v) is 14.8. The van der Waals surface area contributed by atoms with Crippen molar-refractivity contribution in [3.8, 4) is 0 Å². The van der Waals surface area contributed by atoms with Gasteiger partial charge in [0.15, 0.2) is 0 Å². The third-order valence-corrected chi connectivity index (χ3v) is 10.2. The quantitative estimate of drug-likeness (QED) is 0.374. The Labute approximate surface area is 231 Å². The van der Waals surface area contributed by atoms with Crippen molar-refractivity contribution >= 4 is 16.0 Å². The summed E-state index contributed by atoms with van der Waals surface area (Å²) in [5.74, 6) is -2.72. The number of halogens is 2. The molecule has 0 amide bonds. The fraction of sp³-hybridized carbons (Fsp3) is 0.464. The number of benzene rings is 2. The average molecular weight is 576 g/mol. The molecule has 1 aromatic heterocycles. The Bertz CT molecular complexity index is 1470. The summed E-state index contributed by atoms with van der Waals surface area (Å²) >= 11 is 0. The number of hydrogen-bond acceptors (Lipinski definition) is 8. The van der Waals surface area contributed by atoms with Crippen molar-refractivity contribution in [2.24, 2.45) is 0 Å². The summed E-state index contributed by atoms with van der Waals surface area (Å²) in [6.07, 6.45) is 1.46. The van der Waals surface area contributed by atoms with E-state index in [0.29, 0.717) is 18.4 Å². The van der Waals surface area contributed by atoms with Gasteiger partial charge in [0.2, 0.25) is 15.9 Å². The van der Waals surface area contributed by atoms with Crippen LogP contribution < -0.4 is 0 Å². The molecule has 0 spiro atoms. The number of aromatic nitrogens is 2. The number of hydrogen-bond donors (Lipinski definition) is 0. The zero-order valence-corrected chi connectivity index (χ0v) is 23.1. The van der Waals surface area contributed by atoms with Crippen molar-refractivity contribution in [2.75, 3.05) is 19.8 Å². The first kappa shape index (κ1) is 28.3. The van der Waals surface area contributed by atoms with Gasteiger partial charge in [0.05, 0.1) is 12.0 Å². The molecule has 2 fully saturated rings. The standard InChI is InChI=1S/C28H31F2N3O6S/c1-3-38-26(34)25-31-32-27(39-25)28(11-13-37-14-12-28)21-16-22(29)20(15-23(21)30)17-33-18(2)9-10-24(40(33,35)36)19-7-5-4-6-8-19/h4-8,15-16,18,24H,3,9-14,17H2,1-2H3/t18-,24+/m0/s1. The Morgan fingerprint density at radius 2 is 1.82 bits per heavy atom. The van der Waals surface area contributed by atoms with E-state index in [-0.39, 0.29) is 68.2 Å². The fourth-order valence-electron chi connectivity index (χ4n) is 5.61. The summed E-state index contributed by atoms with van der Waals surface area (Å²) in [5, 5.41) is 7.00. The van der Waals surface area contributed by atoms with Crippen molar-refractivity contribution in [3.63, 3.8) is 0 Å². The van der Waals surface area contributed by atoms with E-state index in [1.807, 2.05) is 6.07 Å². The molecule has 0 N–H and O–H groups in total. The molecular weight excluding hydrogens is 544 g/mol. The maximum Gasteiger partial charge on any atom is 0.396 e. The highest BCUT2D eigenvalue weighted by Gasteiger charge is 2.45. The highest BCUT2D eigenvalue weighted by atomic mass is 32.2. The van der Waals surface area contributed by atoms with Crippen molar-refractivity contribution < 1.29 is 35.9 Å². The number of sulfonamides is 1. The summed E-state index contributed by atoms with van der Waals surface area (Å²) in [6, 6.07) is 10.6. The minimum Gasteiger partial charge on any atom is -0.459 e. The van der Waals surface area contributed by atoms with Crippen LogP contribution in [0.3, 0.4) is 0 Å². The summed E-state index contributed by atoms with van der Waals surface area (Å²) in [7, 11) is -3.84. The van der Waals surface area contributed by atoms with Gasteiger partial charge < -0.3 is 13.9 Å². The predicted octanol–water partition coefficient (Wildman–Crippen LogP) is 4.68. The van der Waals surface area contributed by atoms with Gasteiger partial charge in [0.25, 0.3) is 0 Å². The van der Waals surface area contributed by atoms with Crippen LogP contribution in [0.25, 0.3) is 0 Å². The zero-order chi connectivity index (χ0) is 28.5. The van der Waals surface area contributed by atoms with Crippen LogP contribution in [-0.2, 0) is 31.5 Å². The van der Waals surface area contributed by atoms with Crippen LogP contribution in [0, 0.1) is 11.6 Å². The highest BCUT2D eigenvalue weighted by Crippen LogP contribution is 2.43. The lowest BCUT2D eigenvalue weighted by Gasteiger charge is -2.38. The van der Waals surface area contributed by atoms with Crippen LogP contribution in [0.2, 0.25) is 0 Å². The first-order chi connectivity index (χ1) is 19.2. The first-order valence-electron chi connectivity index (χ1n) is 13.3. The number of ether oxygens (including phenoxy) is 2. The summed E-state index contributed by atoms with van der Waals surface area (Å²) in [4.78, 5) is 12.1. The normalized spacial score (nSPS) is 22.6. The smallest absolute Gasteiger partial charge is 0.396 e. The molecule has 3 heterocycles. The third kappa shape index (κ3) is 5.15. The summed E-state index contributed by atoms with van der Waals surface area (Å²) in [5.41, 5.74) is -0.662. The van der Waals surface area contributed by atoms with Crippen LogP contribution in [0.1, 0.15) is 78.0 Å². The minimum atomic E-state index is -3.84. The van der Waals surface area contributed by atoms with Crippen molar-refractivity contribution in [1.29, 1.82) is 0 Å². The molecule has 2 aliphatic heterocycles. The van der Waals surface area contributed by atoms with E-state index in [1.54, 1.807) is 38.1 Å². The van der Waals surface area contributed by atoms with Gasteiger partial charge in [-0.15, -0.1) is 10.2 Å². The van der Waals surface area contributed by atoms with E-state index in [0.717, 1.165) is 12.1 Å². The maximum atomic E-state index is 15.9. The minimum absolute atomic E-state index is 0.0205. The Morgan fingerprint density at radius 1 is 1.10 bits per heavy atom. The molecule has 2 atom stereocenters. The molecule has 0 unspecified atom stereocenters. The lowest BCUT2D eigenvalue weighted by atomic mass is 9.73. The monoisotopic (exact) mass is 575 g/mol. The molecule has 0 radical (unpaired) electrons. The van der Waals surface area contributed by atoms with Crippen LogP contribution in [0.5, 0.6) is 0 Å². The zero-order valence-electron chi connectivity index (χ0n) is 22.3. The highest BCUT2D eigenvalue weighted by molar-refractivity contribution is 7.89. The molecule has 0 aliphatic carbocycles. The number of esters is 1. The summed E-state index contributed by atoms with van der Waals surface area (Å²) in [6.45, 7) is 3.66. The number of carbonyl (C=O) groups excluding carboxylic acids is 1. The molecule has 5 rings (SSSR count). The van der Waals surface area contributed by atoms with E-state index >= 15 is 8.78 Å². The van der Waals surface area contributed by atoms with Crippen LogP contribution >= 0.6 is 0 Å². The number of carbonyl (C=O) groups is 1. The van der Waals surface area contributed by atoms with Gasteiger partial charge in [-0.25, -0.2) is 22.0 Å². The van der Waals surface area contributed by atoms with Crippen LogP contribution in [0.15, 0.2) is 46.9 Å². The molecule has 2 saturated heterocycles. The van der Waals surface area contributed by atoms with E-state index in [9.17, 15) is 13.2 Å². The third-order valence-electron chi connectivity index (χ3n) is 7.80. The van der Waals surface area contributed by atoms with Gasteiger partial charge in [-0.1, -0.05) is 30.3 Å². The Hall–Kier alpha value is -3.22. The molecule has 214 valence electrons. The van der Waals surface area contributed by atoms with Crippen molar-refractivity contribution in [2.45, 2.75) is 62.8 Å². The van der Waals surface area contributed by atoms with E-state index in [1.165, 1.54) is 4.31 Å². The van der Waals surface area contributed by atoms with Crippen LogP contribution in [0.4, 0.5) is 8.78 Å². The van der Waals surface area contributed by atoms with Gasteiger partial charge in [0.1, 0.15) is 16.9 Å². The van der Waals surface area contributed by atoms with Gasteiger partial charge in [-0.3, -0.25) is 0 Å². The van der Waals surface area contributed by atoms with Gasteiger partial charge >= 0.3 is 11.9 Å².